The van der Waals surface area contributed by atoms with Crippen molar-refractivity contribution in [3.8, 4) is 0 Å². The third-order valence-electron chi connectivity index (χ3n) is 2.46. The van der Waals surface area contributed by atoms with Gasteiger partial charge in [0.05, 0.1) is 0 Å². The fourth-order valence-electron chi connectivity index (χ4n) is 1.61. The van der Waals surface area contributed by atoms with Crippen LogP contribution in [-0.4, -0.2) is 19.8 Å². The topological polar surface area (TPSA) is 98.2 Å². The van der Waals surface area contributed by atoms with E-state index in [1.807, 2.05) is 30.3 Å². The Bertz CT molecular complexity index is 524. The summed E-state index contributed by atoms with van der Waals surface area (Å²) in [5, 5.41) is 2.82. The highest BCUT2D eigenvalue weighted by atomic mass is 31.2. The Hall–Kier alpha value is -1.46. The van der Waals surface area contributed by atoms with Gasteiger partial charge in [0.2, 0.25) is 0 Å². The number of hydrogen-bond donors (Lipinski definition) is 4. The minimum Gasteiger partial charge on any atom is -0.347 e. The maximum atomic E-state index is 11.4. The molecule has 0 saturated carbocycles. The van der Waals surface area contributed by atoms with Gasteiger partial charge in [-0.1, -0.05) is 30.3 Å². The Morgan fingerprint density at radius 3 is 2.61 bits per heavy atom. The van der Waals surface area contributed by atoms with Crippen LogP contribution < -0.4 is 5.32 Å². The first-order valence-corrected chi connectivity index (χ1v) is 7.07. The van der Waals surface area contributed by atoms with E-state index < -0.39 is 13.4 Å². The molecule has 4 N–H and O–H groups in total. The van der Waals surface area contributed by atoms with Crippen LogP contribution in [0, 0.1) is 0 Å². The Morgan fingerprint density at radius 2 is 2.06 bits per heavy atom. The molecule has 0 radical (unpaired) electrons. The third-order valence-corrected chi connectivity index (χ3v) is 3.56. The highest BCUT2D eigenvalue weighted by Crippen LogP contribution is 2.48. The molecular weight excluding hydrogens is 253 g/mol. The van der Waals surface area contributed by atoms with Crippen molar-refractivity contribution in [1.82, 2.24) is 15.3 Å². The van der Waals surface area contributed by atoms with E-state index in [4.69, 9.17) is 0 Å². The van der Waals surface area contributed by atoms with Gasteiger partial charge >= 0.3 is 7.60 Å². The Balaban J connectivity index is 2.10. The van der Waals surface area contributed by atoms with E-state index in [1.54, 1.807) is 0 Å². The molecule has 0 fully saturated rings. The average molecular weight is 267 g/mol. The molecule has 7 heteroatoms. The maximum Gasteiger partial charge on any atom is 0.350 e. The van der Waals surface area contributed by atoms with Gasteiger partial charge < -0.3 is 14.8 Å². The summed E-state index contributed by atoms with van der Waals surface area (Å²) < 4.78 is 11.4. The number of nitrogens with zero attached hydrogens (tertiary/aromatic N) is 1. The van der Waals surface area contributed by atoms with Crippen molar-refractivity contribution in [2.24, 2.45) is 0 Å². The summed E-state index contributed by atoms with van der Waals surface area (Å²) in [4.78, 5) is 25.2. The van der Waals surface area contributed by atoms with Gasteiger partial charge in [0.15, 0.2) is 5.78 Å². The molecule has 1 aromatic carbocycles. The zero-order valence-electron chi connectivity index (χ0n) is 9.52. The van der Waals surface area contributed by atoms with Crippen LogP contribution in [-0.2, 0) is 11.1 Å². The fraction of sp³-hybridized carbons (Fsp3) is 0.182. The molecule has 0 amide bonds. The highest BCUT2D eigenvalue weighted by Gasteiger charge is 2.31. The van der Waals surface area contributed by atoms with Crippen molar-refractivity contribution in [3.05, 3.63) is 54.1 Å². The van der Waals surface area contributed by atoms with Crippen molar-refractivity contribution in [2.75, 3.05) is 0 Å². The zero-order chi connectivity index (χ0) is 13.0. The molecule has 1 unspecified atom stereocenters. The van der Waals surface area contributed by atoms with Crippen LogP contribution in [0.25, 0.3) is 0 Å². The molecule has 6 nitrogen and oxygen atoms in total. The van der Waals surface area contributed by atoms with Gasteiger partial charge in [0, 0.05) is 18.9 Å². The Morgan fingerprint density at radius 1 is 1.33 bits per heavy atom. The molecule has 0 bridgehead atoms. The van der Waals surface area contributed by atoms with Gasteiger partial charge in [-0.05, 0) is 5.56 Å². The first kappa shape index (κ1) is 13.0. The molecule has 1 aromatic heterocycles. The van der Waals surface area contributed by atoms with E-state index >= 15 is 0 Å². The normalized spacial score (nSPS) is 13.4. The molecule has 1 atom stereocenters. The standard InChI is InChI=1S/C11H14N3O3P/c15-18(16,17)11(10-12-6-7-13-10)14-8-9-4-2-1-3-5-9/h1-7,11,14H,8H2,(H,12,13)(H2,15,16,17). The number of hydrogen-bond acceptors (Lipinski definition) is 3. The summed E-state index contributed by atoms with van der Waals surface area (Å²) in [6.07, 6.45) is 2.99. The van der Waals surface area contributed by atoms with Gasteiger partial charge in [0.1, 0.15) is 5.82 Å². The van der Waals surface area contributed by atoms with Crippen molar-refractivity contribution >= 4 is 7.60 Å². The summed E-state index contributed by atoms with van der Waals surface area (Å²) in [5.74, 6) is -0.882. The lowest BCUT2D eigenvalue weighted by molar-refractivity contribution is 0.344. The van der Waals surface area contributed by atoms with E-state index in [1.165, 1.54) is 12.4 Å². The van der Waals surface area contributed by atoms with Gasteiger partial charge in [-0.15, -0.1) is 0 Å². The van der Waals surface area contributed by atoms with E-state index in [-0.39, 0.29) is 5.82 Å². The smallest absolute Gasteiger partial charge is 0.347 e. The lowest BCUT2D eigenvalue weighted by Crippen LogP contribution is -2.22. The van der Waals surface area contributed by atoms with E-state index in [9.17, 15) is 14.4 Å². The summed E-state index contributed by atoms with van der Waals surface area (Å²) in [7, 11) is -4.31. The Labute approximate surface area is 104 Å². The number of aromatic nitrogens is 2. The van der Waals surface area contributed by atoms with Crippen molar-refractivity contribution < 1.29 is 14.4 Å². The SMILES string of the molecule is O=P(O)(O)C(NCc1ccccc1)c1ncc[nH]1. The molecule has 0 saturated heterocycles. The molecule has 18 heavy (non-hydrogen) atoms. The number of imidazole rings is 1. The van der Waals surface area contributed by atoms with Gasteiger partial charge in [0.25, 0.3) is 0 Å². The van der Waals surface area contributed by atoms with E-state index in [2.05, 4.69) is 15.3 Å². The first-order valence-electron chi connectivity index (χ1n) is 5.39. The van der Waals surface area contributed by atoms with E-state index in [0.717, 1.165) is 5.56 Å². The van der Waals surface area contributed by atoms with Crippen molar-refractivity contribution in [3.63, 3.8) is 0 Å². The number of rotatable bonds is 5. The van der Waals surface area contributed by atoms with Crippen LogP contribution in [0.15, 0.2) is 42.7 Å². The molecular formula is C11H14N3O3P. The van der Waals surface area contributed by atoms with Crippen LogP contribution in [0.4, 0.5) is 0 Å². The monoisotopic (exact) mass is 267 g/mol. The zero-order valence-corrected chi connectivity index (χ0v) is 10.4. The van der Waals surface area contributed by atoms with Crippen LogP contribution in [0.2, 0.25) is 0 Å². The Kier molecular flexibility index (Phi) is 3.93. The summed E-state index contributed by atoms with van der Waals surface area (Å²) in [6.45, 7) is 0.358. The molecule has 96 valence electrons. The second kappa shape index (κ2) is 5.46. The molecule has 0 aliphatic carbocycles. The quantitative estimate of drug-likeness (QED) is 0.613. The fourth-order valence-corrected chi connectivity index (χ4v) is 2.40. The van der Waals surface area contributed by atoms with Gasteiger partial charge in [-0.3, -0.25) is 9.88 Å². The maximum absolute atomic E-state index is 11.4. The number of benzene rings is 1. The lowest BCUT2D eigenvalue weighted by atomic mass is 10.2. The lowest BCUT2D eigenvalue weighted by Gasteiger charge is -2.17. The van der Waals surface area contributed by atoms with Gasteiger partial charge in [-0.2, -0.15) is 0 Å². The average Bonchev–Trinajstić information content (AvgIpc) is 2.82. The molecule has 0 aliphatic rings. The van der Waals surface area contributed by atoms with Crippen LogP contribution in [0.1, 0.15) is 17.2 Å². The predicted octanol–water partition coefficient (Wildman–Crippen LogP) is 1.38. The number of nitrogens with one attached hydrogen (secondary N) is 2. The molecule has 2 aromatic rings. The minimum atomic E-state index is -4.31. The molecule has 0 spiro atoms. The number of H-pyrrole nitrogens is 1. The predicted molar refractivity (Wildman–Crippen MR) is 66.7 cm³/mol. The van der Waals surface area contributed by atoms with Crippen molar-refractivity contribution in [1.29, 1.82) is 0 Å². The largest absolute Gasteiger partial charge is 0.350 e. The second-order valence-corrected chi connectivity index (χ2v) is 5.53. The summed E-state index contributed by atoms with van der Waals surface area (Å²) in [6, 6.07) is 9.39. The van der Waals surface area contributed by atoms with E-state index in [0.29, 0.717) is 6.54 Å². The first-order chi connectivity index (χ1) is 8.57. The molecule has 1 heterocycles. The minimum absolute atomic E-state index is 0.235. The van der Waals surface area contributed by atoms with Crippen LogP contribution in [0.3, 0.4) is 0 Å². The summed E-state index contributed by atoms with van der Waals surface area (Å²) in [5.41, 5.74) is 0.947. The summed E-state index contributed by atoms with van der Waals surface area (Å²) >= 11 is 0. The van der Waals surface area contributed by atoms with Crippen molar-refractivity contribution in [2.45, 2.75) is 12.3 Å². The van der Waals surface area contributed by atoms with Crippen LogP contribution >= 0.6 is 7.60 Å². The van der Waals surface area contributed by atoms with Gasteiger partial charge in [-0.25, -0.2) is 4.98 Å². The van der Waals surface area contributed by atoms with Crippen LogP contribution in [0.5, 0.6) is 0 Å². The molecule has 0 aliphatic heterocycles. The highest BCUT2D eigenvalue weighted by molar-refractivity contribution is 7.52. The third kappa shape index (κ3) is 3.27. The number of aromatic amines is 1. The molecule has 2 rings (SSSR count). The second-order valence-electron chi connectivity index (χ2n) is 3.83.